The van der Waals surface area contributed by atoms with Gasteiger partial charge in [-0.25, -0.2) is 9.37 Å². The third-order valence-electron chi connectivity index (χ3n) is 3.18. The number of anilines is 1. The Morgan fingerprint density at radius 1 is 1.33 bits per heavy atom. The van der Waals surface area contributed by atoms with Crippen LogP contribution in [-0.2, 0) is 6.42 Å². The van der Waals surface area contributed by atoms with Gasteiger partial charge < -0.3 is 5.73 Å². The highest BCUT2D eigenvalue weighted by Gasteiger charge is 2.15. The van der Waals surface area contributed by atoms with Gasteiger partial charge in [0.05, 0.1) is 39.4 Å². The zero-order valence-electron chi connectivity index (χ0n) is 10.8. The topological polar surface area (TPSA) is 67.6 Å². The summed E-state index contributed by atoms with van der Waals surface area (Å²) in [6.07, 6.45) is 0.117. The van der Waals surface area contributed by atoms with Crippen molar-refractivity contribution in [3.63, 3.8) is 0 Å². The summed E-state index contributed by atoms with van der Waals surface area (Å²) < 4.78 is 15.9. The minimum atomic E-state index is -0.417. The summed E-state index contributed by atoms with van der Waals surface area (Å²) in [5.41, 5.74) is 8.43. The minimum Gasteiger partial charge on any atom is -0.397 e. The first-order chi connectivity index (χ1) is 10.1. The second kappa shape index (κ2) is 5.19. The molecular weight excluding hydrogens is 335 g/mol. The van der Waals surface area contributed by atoms with E-state index in [1.807, 2.05) is 24.3 Å². The van der Waals surface area contributed by atoms with Crippen LogP contribution in [0, 0.1) is 17.1 Å². The zero-order valence-corrected chi connectivity index (χ0v) is 12.4. The largest absolute Gasteiger partial charge is 0.397 e. The van der Waals surface area contributed by atoms with Gasteiger partial charge in [0, 0.05) is 6.07 Å². The molecule has 2 aromatic carbocycles. The van der Waals surface area contributed by atoms with Crippen molar-refractivity contribution in [2.45, 2.75) is 6.42 Å². The molecule has 2 N–H and O–H groups in total. The highest BCUT2D eigenvalue weighted by atomic mass is 79.9. The molecule has 0 amide bonds. The second-order valence-corrected chi connectivity index (χ2v) is 5.37. The van der Waals surface area contributed by atoms with Crippen LogP contribution in [0.1, 0.15) is 5.82 Å². The monoisotopic (exact) mass is 344 g/mol. The Hall–Kier alpha value is -2.39. The van der Waals surface area contributed by atoms with E-state index in [1.165, 1.54) is 12.1 Å². The molecule has 0 spiro atoms. The molecule has 0 saturated carbocycles. The summed E-state index contributed by atoms with van der Waals surface area (Å²) in [6.45, 7) is 0. The van der Waals surface area contributed by atoms with Crippen LogP contribution in [-0.4, -0.2) is 9.55 Å². The van der Waals surface area contributed by atoms with E-state index < -0.39 is 5.82 Å². The average molecular weight is 345 g/mol. The van der Waals surface area contributed by atoms with Gasteiger partial charge in [-0.15, -0.1) is 0 Å². The number of nitrogens with zero attached hydrogens (tertiary/aromatic N) is 3. The van der Waals surface area contributed by atoms with Crippen molar-refractivity contribution in [2.24, 2.45) is 0 Å². The number of nitriles is 1. The average Bonchev–Trinajstić information content (AvgIpc) is 2.81. The lowest BCUT2D eigenvalue weighted by molar-refractivity contribution is 0.620. The molecule has 3 rings (SSSR count). The SMILES string of the molecule is N#CCc1nc2ccccc2n1-c1cc(F)c(Br)cc1N. The Bertz CT molecular complexity index is 879. The molecule has 6 heteroatoms. The van der Waals surface area contributed by atoms with Gasteiger partial charge in [0.25, 0.3) is 0 Å². The molecule has 0 radical (unpaired) electrons. The van der Waals surface area contributed by atoms with Gasteiger partial charge in [-0.3, -0.25) is 4.57 Å². The van der Waals surface area contributed by atoms with Crippen LogP contribution in [0.3, 0.4) is 0 Å². The van der Waals surface area contributed by atoms with E-state index in [0.29, 0.717) is 21.7 Å². The first kappa shape index (κ1) is 13.6. The van der Waals surface area contributed by atoms with E-state index in [9.17, 15) is 4.39 Å². The third-order valence-corrected chi connectivity index (χ3v) is 3.79. The van der Waals surface area contributed by atoms with Crippen LogP contribution in [0.15, 0.2) is 40.9 Å². The second-order valence-electron chi connectivity index (χ2n) is 4.51. The summed E-state index contributed by atoms with van der Waals surface area (Å²) in [6, 6.07) is 12.4. The maximum atomic E-state index is 13.9. The van der Waals surface area contributed by atoms with Crippen LogP contribution >= 0.6 is 15.9 Å². The van der Waals surface area contributed by atoms with E-state index in [-0.39, 0.29) is 6.42 Å². The van der Waals surface area contributed by atoms with Gasteiger partial charge in [0.1, 0.15) is 11.6 Å². The fourth-order valence-corrected chi connectivity index (χ4v) is 2.64. The Morgan fingerprint density at radius 3 is 2.86 bits per heavy atom. The van der Waals surface area contributed by atoms with Crippen molar-refractivity contribution < 1.29 is 4.39 Å². The van der Waals surface area contributed by atoms with Crippen LogP contribution < -0.4 is 5.73 Å². The number of para-hydroxylation sites is 2. The number of fused-ring (bicyclic) bond motifs is 1. The molecule has 0 aliphatic rings. The van der Waals surface area contributed by atoms with Gasteiger partial charge in [-0.05, 0) is 34.1 Å². The molecule has 0 aliphatic carbocycles. The number of benzene rings is 2. The van der Waals surface area contributed by atoms with Crippen molar-refractivity contribution in [1.29, 1.82) is 5.26 Å². The predicted octanol–water partition coefficient (Wildman–Crippen LogP) is 3.58. The van der Waals surface area contributed by atoms with Crippen LogP contribution in [0.4, 0.5) is 10.1 Å². The van der Waals surface area contributed by atoms with E-state index in [4.69, 9.17) is 11.0 Å². The van der Waals surface area contributed by atoms with Gasteiger partial charge in [-0.2, -0.15) is 5.26 Å². The predicted molar refractivity (Wildman–Crippen MR) is 82.5 cm³/mol. The van der Waals surface area contributed by atoms with Gasteiger partial charge >= 0.3 is 0 Å². The number of hydrogen-bond acceptors (Lipinski definition) is 3. The molecule has 0 unspecified atom stereocenters. The number of aromatic nitrogens is 2. The fraction of sp³-hybridized carbons (Fsp3) is 0.0667. The Morgan fingerprint density at radius 2 is 2.10 bits per heavy atom. The van der Waals surface area contributed by atoms with Crippen molar-refractivity contribution >= 4 is 32.7 Å². The van der Waals surface area contributed by atoms with E-state index in [1.54, 1.807) is 4.57 Å². The minimum absolute atomic E-state index is 0.117. The number of imidazole rings is 1. The molecule has 3 aromatic rings. The summed E-state index contributed by atoms with van der Waals surface area (Å²) in [5.74, 6) is 0.118. The fourth-order valence-electron chi connectivity index (χ4n) is 2.28. The quantitative estimate of drug-likeness (QED) is 0.722. The molecular formula is C15H10BrFN4. The summed E-state index contributed by atoms with van der Waals surface area (Å²) in [7, 11) is 0. The Balaban J connectivity index is 2.36. The highest BCUT2D eigenvalue weighted by Crippen LogP contribution is 2.29. The molecule has 21 heavy (non-hydrogen) atoms. The van der Waals surface area contributed by atoms with E-state index in [0.717, 1.165) is 11.0 Å². The molecule has 104 valence electrons. The molecule has 0 atom stereocenters. The molecule has 1 aromatic heterocycles. The zero-order chi connectivity index (χ0) is 15.0. The number of rotatable bonds is 2. The van der Waals surface area contributed by atoms with Gasteiger partial charge in [0.15, 0.2) is 0 Å². The van der Waals surface area contributed by atoms with Crippen molar-refractivity contribution in [2.75, 3.05) is 5.73 Å². The number of halogens is 2. The normalized spacial score (nSPS) is 10.7. The first-order valence-corrected chi connectivity index (χ1v) is 6.99. The number of hydrogen-bond donors (Lipinski definition) is 1. The third kappa shape index (κ3) is 2.26. The molecule has 0 saturated heterocycles. The van der Waals surface area contributed by atoms with Crippen molar-refractivity contribution in [3.05, 3.63) is 52.5 Å². The van der Waals surface area contributed by atoms with Crippen molar-refractivity contribution in [1.82, 2.24) is 9.55 Å². The van der Waals surface area contributed by atoms with Gasteiger partial charge in [0.2, 0.25) is 0 Å². The molecule has 0 bridgehead atoms. The molecule has 4 nitrogen and oxygen atoms in total. The molecule has 0 fully saturated rings. The maximum Gasteiger partial charge on any atom is 0.139 e. The molecule has 0 aliphatic heterocycles. The lowest BCUT2D eigenvalue weighted by atomic mass is 10.2. The smallest absolute Gasteiger partial charge is 0.139 e. The maximum absolute atomic E-state index is 13.9. The standard InChI is InChI=1S/C15H10BrFN4/c16-9-7-11(19)14(8-10(9)17)21-13-4-2-1-3-12(13)20-15(21)5-6-18/h1-4,7-8H,5,19H2. The molecule has 1 heterocycles. The van der Waals surface area contributed by atoms with E-state index >= 15 is 0 Å². The van der Waals surface area contributed by atoms with Crippen LogP contribution in [0.25, 0.3) is 16.7 Å². The van der Waals surface area contributed by atoms with Crippen LogP contribution in [0.5, 0.6) is 0 Å². The van der Waals surface area contributed by atoms with Gasteiger partial charge in [-0.1, -0.05) is 12.1 Å². The van der Waals surface area contributed by atoms with Crippen LogP contribution in [0.2, 0.25) is 0 Å². The van der Waals surface area contributed by atoms with Crippen molar-refractivity contribution in [3.8, 4) is 11.8 Å². The number of nitrogens with two attached hydrogens (primary N) is 1. The first-order valence-electron chi connectivity index (χ1n) is 6.20. The summed E-state index contributed by atoms with van der Waals surface area (Å²) in [5, 5.41) is 8.97. The lowest BCUT2D eigenvalue weighted by Gasteiger charge is -2.11. The summed E-state index contributed by atoms with van der Waals surface area (Å²) >= 11 is 3.11. The van der Waals surface area contributed by atoms with E-state index in [2.05, 4.69) is 27.0 Å². The lowest BCUT2D eigenvalue weighted by Crippen LogP contribution is -2.05. The number of nitrogen functional groups attached to an aromatic ring is 1. The highest BCUT2D eigenvalue weighted by molar-refractivity contribution is 9.10. The Labute approximate surface area is 128 Å². The summed E-state index contributed by atoms with van der Waals surface area (Å²) in [4.78, 5) is 4.42. The Kier molecular flexibility index (Phi) is 3.35.